The SMILES string of the molecule is CCn1cnc(S(=O)(=O)NC(CC(=O)O)C(C)C)c1. The van der Waals surface area contributed by atoms with Crippen molar-refractivity contribution in [1.29, 1.82) is 0 Å². The number of hydrogen-bond donors (Lipinski definition) is 2. The Balaban J connectivity index is 2.90. The number of imidazole rings is 1. The fourth-order valence-corrected chi connectivity index (χ4v) is 2.85. The zero-order valence-corrected chi connectivity index (χ0v) is 12.0. The number of aliphatic carboxylic acids is 1. The van der Waals surface area contributed by atoms with Gasteiger partial charge in [0, 0.05) is 18.8 Å². The monoisotopic (exact) mass is 289 g/mol. The van der Waals surface area contributed by atoms with Crippen molar-refractivity contribution in [1.82, 2.24) is 14.3 Å². The molecule has 0 amide bonds. The van der Waals surface area contributed by atoms with Gasteiger partial charge in [-0.15, -0.1) is 0 Å². The lowest BCUT2D eigenvalue weighted by molar-refractivity contribution is -0.137. The molecule has 0 aliphatic carbocycles. The van der Waals surface area contributed by atoms with Crippen molar-refractivity contribution < 1.29 is 18.3 Å². The molecule has 2 N–H and O–H groups in total. The highest BCUT2D eigenvalue weighted by molar-refractivity contribution is 7.89. The van der Waals surface area contributed by atoms with E-state index in [1.807, 2.05) is 6.92 Å². The second-order valence-electron chi connectivity index (χ2n) is 4.61. The maximum Gasteiger partial charge on any atom is 0.304 e. The molecule has 1 aromatic heterocycles. The molecule has 0 radical (unpaired) electrons. The van der Waals surface area contributed by atoms with Crippen LogP contribution in [0.1, 0.15) is 27.2 Å². The standard InChI is InChI=1S/C11H19N3O4S/c1-4-14-6-10(12-7-14)19(17,18)13-9(8(2)3)5-11(15)16/h6-9,13H,4-5H2,1-3H3,(H,15,16). The first kappa shape index (κ1) is 15.6. The maximum atomic E-state index is 12.1. The van der Waals surface area contributed by atoms with Crippen molar-refractivity contribution in [2.24, 2.45) is 5.92 Å². The lowest BCUT2D eigenvalue weighted by atomic mass is 10.0. The third-order valence-corrected chi connectivity index (χ3v) is 4.13. The number of hydrogen-bond acceptors (Lipinski definition) is 4. The molecular formula is C11H19N3O4S. The summed E-state index contributed by atoms with van der Waals surface area (Å²) in [6.07, 6.45) is 2.59. The van der Waals surface area contributed by atoms with E-state index in [4.69, 9.17) is 5.11 Å². The molecule has 0 aliphatic rings. The Morgan fingerprint density at radius 1 is 1.53 bits per heavy atom. The number of aromatic nitrogens is 2. The largest absolute Gasteiger partial charge is 0.481 e. The van der Waals surface area contributed by atoms with Gasteiger partial charge in [0.1, 0.15) is 0 Å². The molecule has 0 bridgehead atoms. The molecule has 0 saturated carbocycles. The third kappa shape index (κ3) is 4.32. The van der Waals surface area contributed by atoms with Gasteiger partial charge >= 0.3 is 5.97 Å². The molecule has 1 unspecified atom stereocenters. The summed E-state index contributed by atoms with van der Waals surface area (Å²) >= 11 is 0. The van der Waals surface area contributed by atoms with E-state index >= 15 is 0 Å². The number of nitrogens with one attached hydrogen (secondary N) is 1. The highest BCUT2D eigenvalue weighted by Gasteiger charge is 2.26. The van der Waals surface area contributed by atoms with Crippen molar-refractivity contribution in [2.45, 2.75) is 44.8 Å². The minimum Gasteiger partial charge on any atom is -0.481 e. The first-order chi connectivity index (χ1) is 8.76. The van der Waals surface area contributed by atoms with Gasteiger partial charge in [-0.1, -0.05) is 13.8 Å². The molecule has 1 atom stereocenters. The Labute approximate surface area is 112 Å². The van der Waals surface area contributed by atoms with Crippen molar-refractivity contribution in [3.05, 3.63) is 12.5 Å². The van der Waals surface area contributed by atoms with Gasteiger partial charge in [0.2, 0.25) is 0 Å². The molecule has 0 aliphatic heterocycles. The van der Waals surface area contributed by atoms with Crippen LogP contribution in [-0.4, -0.2) is 35.1 Å². The number of carbonyl (C=O) groups is 1. The lowest BCUT2D eigenvalue weighted by Crippen LogP contribution is -2.40. The van der Waals surface area contributed by atoms with Crippen LogP contribution >= 0.6 is 0 Å². The fourth-order valence-electron chi connectivity index (χ4n) is 1.51. The van der Waals surface area contributed by atoms with Gasteiger partial charge in [-0.05, 0) is 12.8 Å². The van der Waals surface area contributed by atoms with Gasteiger partial charge in [0.25, 0.3) is 10.0 Å². The average Bonchev–Trinajstić information content (AvgIpc) is 2.76. The van der Waals surface area contributed by atoms with Crippen molar-refractivity contribution in [3.63, 3.8) is 0 Å². The molecule has 1 aromatic rings. The molecular weight excluding hydrogens is 270 g/mol. The fraction of sp³-hybridized carbons (Fsp3) is 0.636. The molecule has 7 nitrogen and oxygen atoms in total. The lowest BCUT2D eigenvalue weighted by Gasteiger charge is -2.19. The number of sulfonamides is 1. The number of rotatable bonds is 7. The van der Waals surface area contributed by atoms with E-state index in [1.165, 1.54) is 12.5 Å². The number of aryl methyl sites for hydroxylation is 1. The van der Waals surface area contributed by atoms with Gasteiger partial charge in [-0.2, -0.15) is 0 Å². The van der Waals surface area contributed by atoms with Crippen molar-refractivity contribution >= 4 is 16.0 Å². The van der Waals surface area contributed by atoms with Crippen LogP contribution in [0.3, 0.4) is 0 Å². The number of carboxylic acid groups (broad SMARTS) is 1. The summed E-state index contributed by atoms with van der Waals surface area (Å²) in [6.45, 7) is 6.01. The van der Waals surface area contributed by atoms with Crippen molar-refractivity contribution in [3.8, 4) is 0 Å². The van der Waals surface area contributed by atoms with E-state index in [2.05, 4.69) is 9.71 Å². The van der Waals surface area contributed by atoms with E-state index in [0.29, 0.717) is 6.54 Å². The Bertz CT molecular complexity index is 536. The van der Waals surface area contributed by atoms with Gasteiger partial charge in [-0.25, -0.2) is 18.1 Å². The van der Waals surface area contributed by atoms with Gasteiger partial charge in [0.15, 0.2) is 5.03 Å². The van der Waals surface area contributed by atoms with E-state index in [1.54, 1.807) is 18.4 Å². The minimum atomic E-state index is -3.78. The van der Waals surface area contributed by atoms with Crippen LogP contribution in [0.4, 0.5) is 0 Å². The first-order valence-electron chi connectivity index (χ1n) is 6.02. The molecule has 19 heavy (non-hydrogen) atoms. The van der Waals surface area contributed by atoms with Crippen LogP contribution < -0.4 is 4.72 Å². The molecule has 0 spiro atoms. The summed E-state index contributed by atoms with van der Waals surface area (Å²) in [5.74, 6) is -1.17. The van der Waals surface area contributed by atoms with Crippen LogP contribution in [0.25, 0.3) is 0 Å². The van der Waals surface area contributed by atoms with Crippen LogP contribution in [0, 0.1) is 5.92 Å². The molecule has 1 heterocycles. The van der Waals surface area contributed by atoms with E-state index in [-0.39, 0.29) is 17.4 Å². The van der Waals surface area contributed by atoms with Gasteiger partial charge in [0.05, 0.1) is 12.7 Å². The maximum absolute atomic E-state index is 12.1. The number of carboxylic acids is 1. The predicted molar refractivity (Wildman–Crippen MR) is 69.1 cm³/mol. The van der Waals surface area contributed by atoms with Crippen LogP contribution in [-0.2, 0) is 21.4 Å². The minimum absolute atomic E-state index is 0.0922. The van der Waals surface area contributed by atoms with Crippen LogP contribution in [0.5, 0.6) is 0 Å². The Kier molecular flexibility index (Phi) is 5.07. The zero-order valence-electron chi connectivity index (χ0n) is 11.2. The van der Waals surface area contributed by atoms with Crippen LogP contribution in [0.2, 0.25) is 0 Å². The molecule has 0 saturated heterocycles. The predicted octanol–water partition coefficient (Wildman–Crippen LogP) is 0.681. The van der Waals surface area contributed by atoms with Gasteiger partial charge in [-0.3, -0.25) is 4.79 Å². The number of nitrogens with zero attached hydrogens (tertiary/aromatic N) is 2. The Morgan fingerprint density at radius 2 is 2.16 bits per heavy atom. The second-order valence-corrected chi connectivity index (χ2v) is 6.27. The Morgan fingerprint density at radius 3 is 2.58 bits per heavy atom. The van der Waals surface area contributed by atoms with E-state index in [0.717, 1.165) is 0 Å². The van der Waals surface area contributed by atoms with Crippen molar-refractivity contribution in [2.75, 3.05) is 0 Å². The summed E-state index contributed by atoms with van der Waals surface area (Å²) in [5.41, 5.74) is 0. The van der Waals surface area contributed by atoms with E-state index < -0.39 is 22.0 Å². The van der Waals surface area contributed by atoms with Gasteiger partial charge < -0.3 is 9.67 Å². The first-order valence-corrected chi connectivity index (χ1v) is 7.50. The third-order valence-electron chi connectivity index (χ3n) is 2.76. The zero-order chi connectivity index (χ0) is 14.6. The second kappa shape index (κ2) is 6.16. The normalized spacial score (nSPS) is 13.7. The van der Waals surface area contributed by atoms with E-state index in [9.17, 15) is 13.2 Å². The summed E-state index contributed by atoms with van der Waals surface area (Å²) in [7, 11) is -3.78. The summed E-state index contributed by atoms with van der Waals surface area (Å²) < 4.78 is 28.2. The highest BCUT2D eigenvalue weighted by Crippen LogP contribution is 2.12. The molecule has 0 fully saturated rings. The highest BCUT2D eigenvalue weighted by atomic mass is 32.2. The molecule has 0 aromatic carbocycles. The molecule has 8 heteroatoms. The Hall–Kier alpha value is -1.41. The smallest absolute Gasteiger partial charge is 0.304 e. The summed E-state index contributed by atoms with van der Waals surface area (Å²) in [6, 6.07) is -0.658. The quantitative estimate of drug-likeness (QED) is 0.768. The average molecular weight is 289 g/mol. The summed E-state index contributed by atoms with van der Waals surface area (Å²) in [5, 5.41) is 8.70. The van der Waals surface area contributed by atoms with Crippen LogP contribution in [0.15, 0.2) is 17.6 Å². The summed E-state index contributed by atoms with van der Waals surface area (Å²) in [4.78, 5) is 14.5. The molecule has 108 valence electrons. The topological polar surface area (TPSA) is 101 Å². The molecule has 1 rings (SSSR count).